The number of benzene rings is 1. The van der Waals surface area contributed by atoms with E-state index in [0.29, 0.717) is 0 Å². The summed E-state index contributed by atoms with van der Waals surface area (Å²) in [5, 5.41) is 1.55. The lowest BCUT2D eigenvalue weighted by Crippen LogP contribution is -2.14. The summed E-state index contributed by atoms with van der Waals surface area (Å²) in [6.45, 7) is 2.35. The van der Waals surface area contributed by atoms with Crippen molar-refractivity contribution in [2.75, 3.05) is 0 Å². The summed E-state index contributed by atoms with van der Waals surface area (Å²) in [5.41, 5.74) is 1.26. The third kappa shape index (κ3) is 3.15. The lowest BCUT2D eigenvalue weighted by atomic mass is 9.80. The van der Waals surface area contributed by atoms with Gasteiger partial charge in [0.25, 0.3) is 0 Å². The van der Waals surface area contributed by atoms with Crippen molar-refractivity contribution in [3.63, 3.8) is 0 Å². The summed E-state index contributed by atoms with van der Waals surface area (Å²) in [6.07, 6.45) is 6.55. The van der Waals surface area contributed by atoms with Crippen LogP contribution < -0.4 is 0 Å². The lowest BCUT2D eigenvalue weighted by Gasteiger charge is -2.26. The Bertz CT molecular complexity index is 352. The molecule has 88 valence electrons. The number of rotatable bonds is 2. The third-order valence-corrected chi connectivity index (χ3v) is 4.25. The Hall–Kier alpha value is -0.200. The third-order valence-electron chi connectivity index (χ3n) is 3.66. The SMILES string of the molecule is CC1CCC(Cc2ccc(Cl)cc2Cl)CC1. The zero-order chi connectivity index (χ0) is 11.5. The van der Waals surface area contributed by atoms with E-state index in [2.05, 4.69) is 13.0 Å². The quantitative estimate of drug-likeness (QED) is 0.668. The van der Waals surface area contributed by atoms with Gasteiger partial charge >= 0.3 is 0 Å². The molecule has 0 saturated heterocycles. The van der Waals surface area contributed by atoms with Crippen LogP contribution in [0.5, 0.6) is 0 Å². The molecule has 0 heterocycles. The van der Waals surface area contributed by atoms with Gasteiger partial charge in [0.2, 0.25) is 0 Å². The van der Waals surface area contributed by atoms with Gasteiger partial charge in [-0.25, -0.2) is 0 Å². The number of halogens is 2. The molecule has 0 aliphatic heterocycles. The maximum Gasteiger partial charge on any atom is 0.0452 e. The maximum atomic E-state index is 6.19. The van der Waals surface area contributed by atoms with Crippen molar-refractivity contribution in [1.29, 1.82) is 0 Å². The Morgan fingerprint density at radius 2 is 1.81 bits per heavy atom. The summed E-state index contributed by atoms with van der Waals surface area (Å²) < 4.78 is 0. The van der Waals surface area contributed by atoms with Crippen molar-refractivity contribution in [1.82, 2.24) is 0 Å². The molecule has 16 heavy (non-hydrogen) atoms. The topological polar surface area (TPSA) is 0 Å². The molecule has 0 aromatic heterocycles. The Balaban J connectivity index is 1.98. The van der Waals surface area contributed by atoms with Crippen LogP contribution in [0.3, 0.4) is 0 Å². The Labute approximate surface area is 108 Å². The summed E-state index contributed by atoms with van der Waals surface area (Å²) >= 11 is 12.1. The molecule has 0 nitrogen and oxygen atoms in total. The van der Waals surface area contributed by atoms with Crippen molar-refractivity contribution in [3.05, 3.63) is 33.8 Å². The zero-order valence-corrected chi connectivity index (χ0v) is 11.2. The summed E-state index contributed by atoms with van der Waals surface area (Å²) in [5.74, 6) is 1.73. The van der Waals surface area contributed by atoms with Crippen LogP contribution in [-0.4, -0.2) is 0 Å². The van der Waals surface area contributed by atoms with Crippen molar-refractivity contribution in [2.45, 2.75) is 39.0 Å². The highest BCUT2D eigenvalue weighted by molar-refractivity contribution is 6.35. The molecule has 0 N–H and O–H groups in total. The summed E-state index contributed by atoms with van der Waals surface area (Å²) in [7, 11) is 0. The minimum atomic E-state index is 0.728. The molecule has 0 amide bonds. The van der Waals surface area contributed by atoms with Crippen molar-refractivity contribution >= 4 is 23.2 Å². The molecule has 0 radical (unpaired) electrons. The van der Waals surface area contributed by atoms with Crippen LogP contribution in [0.15, 0.2) is 18.2 Å². The fourth-order valence-electron chi connectivity index (χ4n) is 2.53. The second-order valence-electron chi connectivity index (χ2n) is 5.07. The minimum absolute atomic E-state index is 0.728. The predicted octanol–water partition coefficient (Wildman–Crippen LogP) is 5.36. The molecule has 1 saturated carbocycles. The van der Waals surface area contributed by atoms with E-state index in [-0.39, 0.29) is 0 Å². The van der Waals surface area contributed by atoms with Gasteiger partial charge in [-0.3, -0.25) is 0 Å². The van der Waals surface area contributed by atoms with E-state index < -0.39 is 0 Å². The summed E-state index contributed by atoms with van der Waals surface area (Å²) in [6, 6.07) is 5.86. The van der Waals surface area contributed by atoms with Gasteiger partial charge in [-0.2, -0.15) is 0 Å². The second-order valence-corrected chi connectivity index (χ2v) is 5.91. The predicted molar refractivity (Wildman–Crippen MR) is 71.3 cm³/mol. The summed E-state index contributed by atoms with van der Waals surface area (Å²) in [4.78, 5) is 0. The van der Waals surface area contributed by atoms with Gasteiger partial charge in [-0.1, -0.05) is 49.0 Å². The van der Waals surface area contributed by atoms with Gasteiger partial charge < -0.3 is 0 Å². The van der Waals surface area contributed by atoms with E-state index in [1.807, 2.05) is 12.1 Å². The van der Waals surface area contributed by atoms with Gasteiger partial charge in [0.05, 0.1) is 0 Å². The van der Waals surface area contributed by atoms with E-state index in [4.69, 9.17) is 23.2 Å². The van der Waals surface area contributed by atoms with Crippen LogP contribution in [0, 0.1) is 11.8 Å². The van der Waals surface area contributed by atoms with Gasteiger partial charge in [0, 0.05) is 10.0 Å². The highest BCUT2D eigenvalue weighted by Gasteiger charge is 2.19. The van der Waals surface area contributed by atoms with Gasteiger partial charge in [-0.15, -0.1) is 0 Å². The lowest BCUT2D eigenvalue weighted by molar-refractivity contribution is 0.289. The average Bonchev–Trinajstić information content (AvgIpc) is 2.25. The van der Waals surface area contributed by atoms with Crippen molar-refractivity contribution in [2.24, 2.45) is 11.8 Å². The molecule has 0 spiro atoms. The Morgan fingerprint density at radius 1 is 1.12 bits per heavy atom. The molecule has 0 bridgehead atoms. The fraction of sp³-hybridized carbons (Fsp3) is 0.571. The van der Waals surface area contributed by atoms with Gasteiger partial charge in [-0.05, 0) is 48.8 Å². The molecular formula is C14H18Cl2. The molecule has 1 aliphatic rings. The molecule has 1 fully saturated rings. The Morgan fingerprint density at radius 3 is 2.44 bits per heavy atom. The van der Waals surface area contributed by atoms with E-state index in [1.54, 1.807) is 0 Å². The molecule has 2 rings (SSSR count). The monoisotopic (exact) mass is 256 g/mol. The highest BCUT2D eigenvalue weighted by atomic mass is 35.5. The molecule has 2 heteroatoms. The van der Waals surface area contributed by atoms with Crippen LogP contribution in [0.4, 0.5) is 0 Å². The number of hydrogen-bond donors (Lipinski definition) is 0. The minimum Gasteiger partial charge on any atom is -0.0843 e. The van der Waals surface area contributed by atoms with Crippen LogP contribution in [0.2, 0.25) is 10.0 Å². The molecule has 0 atom stereocenters. The molecular weight excluding hydrogens is 239 g/mol. The van der Waals surface area contributed by atoms with Crippen LogP contribution in [0.1, 0.15) is 38.2 Å². The van der Waals surface area contributed by atoms with Crippen molar-refractivity contribution < 1.29 is 0 Å². The average molecular weight is 257 g/mol. The highest BCUT2D eigenvalue weighted by Crippen LogP contribution is 2.32. The van der Waals surface area contributed by atoms with Gasteiger partial charge in [0.1, 0.15) is 0 Å². The normalized spacial score (nSPS) is 25.7. The first kappa shape index (κ1) is 12.3. The maximum absolute atomic E-state index is 6.19. The standard InChI is InChI=1S/C14H18Cl2/c1-10-2-4-11(5-3-10)8-12-6-7-13(15)9-14(12)16/h6-7,9-11H,2-5,8H2,1H3. The molecule has 1 aromatic rings. The fourth-order valence-corrected chi connectivity index (χ4v) is 3.02. The second kappa shape index (κ2) is 5.42. The Kier molecular flexibility index (Phi) is 4.16. The van der Waals surface area contributed by atoms with E-state index >= 15 is 0 Å². The first-order valence-corrected chi connectivity index (χ1v) is 6.84. The largest absolute Gasteiger partial charge is 0.0843 e. The van der Waals surface area contributed by atoms with E-state index in [0.717, 1.165) is 28.3 Å². The molecule has 1 aliphatic carbocycles. The van der Waals surface area contributed by atoms with Crippen LogP contribution in [-0.2, 0) is 6.42 Å². The van der Waals surface area contributed by atoms with Gasteiger partial charge in [0.15, 0.2) is 0 Å². The smallest absolute Gasteiger partial charge is 0.0452 e. The number of hydrogen-bond acceptors (Lipinski definition) is 0. The molecule has 1 aromatic carbocycles. The van der Waals surface area contributed by atoms with Crippen molar-refractivity contribution in [3.8, 4) is 0 Å². The van der Waals surface area contributed by atoms with Crippen LogP contribution >= 0.6 is 23.2 Å². The van der Waals surface area contributed by atoms with Crippen LogP contribution in [0.25, 0.3) is 0 Å². The molecule has 0 unspecified atom stereocenters. The van der Waals surface area contributed by atoms with E-state index in [1.165, 1.54) is 31.2 Å². The van der Waals surface area contributed by atoms with E-state index in [9.17, 15) is 0 Å². The first-order valence-electron chi connectivity index (χ1n) is 6.09. The first-order chi connectivity index (χ1) is 7.65. The zero-order valence-electron chi connectivity index (χ0n) is 9.68.